The number of hydrogen-bond acceptors (Lipinski definition) is 4. The van der Waals surface area contributed by atoms with Crippen molar-refractivity contribution in [3.05, 3.63) is 45.1 Å². The molecular formula is C30H43N3O4. The standard InChI is InChI=1S/C30H43N3O4/c1-4-21-13-19(2)12-20(3)14-24(15-21)32-22-8-7-9-23(32)17-25(16-22)33-29(36)26-10-5-6-11-27(26)31(30(33)37)18-28(34)35/h5-6,10-11,19-25H,4,7-9,12-18H2,1-3H3,(H,34,35)/t19?,20-,21+,22-,23+,24-,25?/m0/s1. The SMILES string of the molecule is CC[C@@H]1CC(C)C[C@H](C)C[C@H](N2[C@@H]3CCC[C@H]2CC(n2c(=O)c4ccccc4n(CC(=O)O)c2=O)C3)C1. The summed E-state index contributed by atoms with van der Waals surface area (Å²) in [5.41, 5.74) is -0.363. The van der Waals surface area contributed by atoms with Crippen molar-refractivity contribution < 1.29 is 9.90 Å². The Kier molecular flexibility index (Phi) is 7.62. The molecule has 7 heteroatoms. The predicted molar refractivity (Wildman–Crippen MR) is 146 cm³/mol. The third-order valence-corrected chi connectivity index (χ3v) is 9.57. The lowest BCUT2D eigenvalue weighted by atomic mass is 9.74. The van der Waals surface area contributed by atoms with Gasteiger partial charge in [0, 0.05) is 24.2 Å². The summed E-state index contributed by atoms with van der Waals surface area (Å²) in [5, 5.41) is 9.92. The minimum Gasteiger partial charge on any atom is -0.480 e. The van der Waals surface area contributed by atoms with Crippen molar-refractivity contribution in [3.8, 4) is 0 Å². The number of aromatic nitrogens is 2. The lowest BCUT2D eigenvalue weighted by molar-refractivity contribution is -0.137. The number of piperidine rings is 2. The number of rotatable bonds is 5. The van der Waals surface area contributed by atoms with Crippen molar-refractivity contribution >= 4 is 16.9 Å². The number of nitrogens with zero attached hydrogens (tertiary/aromatic N) is 3. The first-order valence-electron chi connectivity index (χ1n) is 14.5. The first kappa shape index (κ1) is 26.2. The summed E-state index contributed by atoms with van der Waals surface area (Å²) in [6.45, 7) is 6.72. The quantitative estimate of drug-likeness (QED) is 0.610. The van der Waals surface area contributed by atoms with Gasteiger partial charge < -0.3 is 5.11 Å². The van der Waals surface area contributed by atoms with E-state index in [0.29, 0.717) is 34.9 Å². The van der Waals surface area contributed by atoms with Crippen molar-refractivity contribution in [2.45, 2.75) is 116 Å². The van der Waals surface area contributed by atoms with Crippen LogP contribution in [0.2, 0.25) is 0 Å². The van der Waals surface area contributed by atoms with Gasteiger partial charge in [-0.1, -0.05) is 45.7 Å². The Morgan fingerprint density at radius 2 is 1.57 bits per heavy atom. The molecule has 2 saturated heterocycles. The minimum absolute atomic E-state index is 0.191. The first-order chi connectivity index (χ1) is 17.8. The average Bonchev–Trinajstić information content (AvgIpc) is 2.84. The van der Waals surface area contributed by atoms with Crippen LogP contribution in [0.1, 0.15) is 91.0 Å². The number of carboxylic acids is 1. The molecule has 1 aliphatic carbocycles. The van der Waals surface area contributed by atoms with E-state index in [1.54, 1.807) is 24.3 Å². The highest BCUT2D eigenvalue weighted by atomic mass is 16.4. The third-order valence-electron chi connectivity index (χ3n) is 9.57. The minimum atomic E-state index is -1.08. The molecule has 1 aromatic heterocycles. The number of fused-ring (bicyclic) bond motifs is 3. The highest BCUT2D eigenvalue weighted by Crippen LogP contribution is 2.43. The maximum absolute atomic E-state index is 13.6. The van der Waals surface area contributed by atoms with Crippen molar-refractivity contribution in [1.29, 1.82) is 0 Å². The molecule has 2 unspecified atom stereocenters. The first-order valence-corrected chi connectivity index (χ1v) is 14.5. The van der Waals surface area contributed by atoms with Crippen LogP contribution in [0.25, 0.3) is 10.9 Å². The van der Waals surface area contributed by atoms with Crippen molar-refractivity contribution in [2.75, 3.05) is 0 Å². The van der Waals surface area contributed by atoms with E-state index in [9.17, 15) is 19.5 Å². The molecule has 5 rings (SSSR count). The molecule has 3 fully saturated rings. The topological polar surface area (TPSA) is 84.5 Å². The zero-order chi connectivity index (χ0) is 26.3. The Hall–Kier alpha value is -2.41. The van der Waals surface area contributed by atoms with E-state index in [4.69, 9.17) is 0 Å². The molecule has 7 nitrogen and oxygen atoms in total. The van der Waals surface area contributed by atoms with Crippen LogP contribution < -0.4 is 11.2 Å². The van der Waals surface area contributed by atoms with Gasteiger partial charge in [-0.2, -0.15) is 0 Å². The fourth-order valence-electron chi connectivity index (χ4n) is 8.21. The third kappa shape index (κ3) is 5.16. The summed E-state index contributed by atoms with van der Waals surface area (Å²) in [5.74, 6) is 1.18. The van der Waals surface area contributed by atoms with Gasteiger partial charge in [0.05, 0.1) is 10.9 Å². The van der Waals surface area contributed by atoms with Crippen LogP contribution in [0.5, 0.6) is 0 Å². The summed E-state index contributed by atoms with van der Waals surface area (Å²) in [6, 6.07) is 8.02. The summed E-state index contributed by atoms with van der Waals surface area (Å²) in [7, 11) is 0. The Labute approximate surface area is 219 Å². The van der Waals surface area contributed by atoms with Gasteiger partial charge in [0.2, 0.25) is 0 Å². The summed E-state index contributed by atoms with van der Waals surface area (Å²) >= 11 is 0. The largest absolute Gasteiger partial charge is 0.480 e. The second-order valence-electron chi connectivity index (χ2n) is 12.3. The van der Waals surface area contributed by atoms with E-state index in [2.05, 4.69) is 25.7 Å². The number of benzene rings is 1. The van der Waals surface area contributed by atoms with Crippen LogP contribution in [0.3, 0.4) is 0 Å². The summed E-state index contributed by atoms with van der Waals surface area (Å²) < 4.78 is 2.68. The van der Waals surface area contributed by atoms with Crippen LogP contribution in [0, 0.1) is 17.8 Å². The molecule has 0 radical (unpaired) electrons. The second kappa shape index (κ2) is 10.8. The molecule has 1 aromatic carbocycles. The predicted octanol–water partition coefficient (Wildman–Crippen LogP) is 5.05. The number of hydrogen-bond donors (Lipinski definition) is 1. The molecule has 3 aliphatic rings. The van der Waals surface area contributed by atoms with E-state index in [1.165, 1.54) is 47.7 Å². The molecule has 2 bridgehead atoms. The van der Waals surface area contributed by atoms with E-state index in [0.717, 1.165) is 37.5 Å². The van der Waals surface area contributed by atoms with E-state index < -0.39 is 18.2 Å². The Morgan fingerprint density at radius 3 is 2.24 bits per heavy atom. The lowest BCUT2D eigenvalue weighted by Gasteiger charge is -2.54. The molecule has 37 heavy (non-hydrogen) atoms. The monoisotopic (exact) mass is 509 g/mol. The van der Waals surface area contributed by atoms with Crippen molar-refractivity contribution in [2.24, 2.45) is 17.8 Å². The molecular weight excluding hydrogens is 466 g/mol. The normalized spacial score (nSPS) is 33.1. The highest BCUT2D eigenvalue weighted by Gasteiger charge is 2.44. The molecule has 0 spiro atoms. The Morgan fingerprint density at radius 1 is 0.892 bits per heavy atom. The molecule has 1 saturated carbocycles. The molecule has 1 N–H and O–H groups in total. The second-order valence-corrected chi connectivity index (χ2v) is 12.3. The van der Waals surface area contributed by atoms with Crippen molar-refractivity contribution in [1.82, 2.24) is 14.0 Å². The molecule has 202 valence electrons. The smallest absolute Gasteiger partial charge is 0.332 e. The van der Waals surface area contributed by atoms with Crippen LogP contribution in [-0.4, -0.2) is 43.2 Å². The maximum atomic E-state index is 13.6. The fourth-order valence-corrected chi connectivity index (χ4v) is 8.21. The van der Waals surface area contributed by atoms with Crippen LogP contribution in [-0.2, 0) is 11.3 Å². The van der Waals surface area contributed by atoms with Crippen LogP contribution in [0.15, 0.2) is 33.9 Å². The van der Waals surface area contributed by atoms with Crippen LogP contribution >= 0.6 is 0 Å². The number of aliphatic carboxylic acids is 1. The van der Waals surface area contributed by atoms with E-state index in [-0.39, 0.29) is 11.6 Å². The molecule has 2 aliphatic heterocycles. The molecule has 3 heterocycles. The lowest BCUT2D eigenvalue weighted by Crippen LogP contribution is -2.59. The number of carboxylic acid groups (broad SMARTS) is 1. The maximum Gasteiger partial charge on any atom is 0.332 e. The molecule has 7 atom stereocenters. The van der Waals surface area contributed by atoms with Crippen molar-refractivity contribution in [3.63, 3.8) is 0 Å². The van der Waals surface area contributed by atoms with Gasteiger partial charge in [0.25, 0.3) is 5.56 Å². The van der Waals surface area contributed by atoms with Gasteiger partial charge in [-0.3, -0.25) is 23.6 Å². The molecule has 2 aromatic rings. The average molecular weight is 510 g/mol. The van der Waals surface area contributed by atoms with E-state index >= 15 is 0 Å². The molecule has 0 amide bonds. The van der Waals surface area contributed by atoms with Gasteiger partial charge in [-0.25, -0.2) is 4.79 Å². The van der Waals surface area contributed by atoms with E-state index in [1.807, 2.05) is 0 Å². The zero-order valence-electron chi connectivity index (χ0n) is 22.6. The zero-order valence-corrected chi connectivity index (χ0v) is 22.6. The Balaban J connectivity index is 1.49. The summed E-state index contributed by atoms with van der Waals surface area (Å²) in [4.78, 5) is 41.7. The van der Waals surface area contributed by atoms with Gasteiger partial charge in [0.1, 0.15) is 6.54 Å². The van der Waals surface area contributed by atoms with Gasteiger partial charge in [-0.05, 0) is 81.3 Å². The fraction of sp³-hybridized carbons (Fsp3) is 0.700. The number of carbonyl (C=O) groups is 1. The van der Waals surface area contributed by atoms with Gasteiger partial charge in [0.15, 0.2) is 0 Å². The highest BCUT2D eigenvalue weighted by molar-refractivity contribution is 5.79. The number of para-hydroxylation sites is 1. The van der Waals surface area contributed by atoms with Crippen LogP contribution in [0.4, 0.5) is 0 Å². The Bertz CT molecular complexity index is 1240. The van der Waals surface area contributed by atoms with Gasteiger partial charge >= 0.3 is 11.7 Å². The summed E-state index contributed by atoms with van der Waals surface area (Å²) in [6.07, 6.45) is 11.3. The van der Waals surface area contributed by atoms with Gasteiger partial charge in [-0.15, -0.1) is 0 Å².